The SMILES string of the molecule is CC#CCOc1ccc(S(=O)C(CCCCNC(=O)CNC(=O)CN2C(=O)c3ccccc3C2=O)C(=O)O)cc1. The second-order valence-electron chi connectivity index (χ2n) is 8.68. The van der Waals surface area contributed by atoms with Crippen LogP contribution in [0.4, 0.5) is 0 Å². The minimum atomic E-state index is -1.78. The molecule has 4 amide bonds. The quantitative estimate of drug-likeness (QED) is 0.175. The highest BCUT2D eigenvalue weighted by Gasteiger charge is 2.36. The van der Waals surface area contributed by atoms with E-state index in [1.807, 2.05) is 0 Å². The number of carboxylic acid groups (broad SMARTS) is 1. The highest BCUT2D eigenvalue weighted by Crippen LogP contribution is 2.22. The predicted octanol–water partition coefficient (Wildman–Crippen LogP) is 1.35. The molecule has 2 atom stereocenters. The molecule has 2 aromatic carbocycles. The van der Waals surface area contributed by atoms with Gasteiger partial charge in [0.25, 0.3) is 11.8 Å². The molecule has 40 heavy (non-hydrogen) atoms. The van der Waals surface area contributed by atoms with Gasteiger partial charge in [0.2, 0.25) is 11.8 Å². The predicted molar refractivity (Wildman–Crippen MR) is 145 cm³/mol. The number of amides is 4. The molecule has 2 unspecified atom stereocenters. The number of carboxylic acids is 1. The van der Waals surface area contributed by atoms with Crippen molar-refractivity contribution < 1.29 is 38.0 Å². The summed E-state index contributed by atoms with van der Waals surface area (Å²) < 4.78 is 18.2. The number of nitrogens with zero attached hydrogens (tertiary/aromatic N) is 1. The number of nitrogens with one attached hydrogen (secondary N) is 2. The first-order valence-corrected chi connectivity index (χ1v) is 13.7. The minimum absolute atomic E-state index is 0.138. The Hall–Kier alpha value is -4.50. The Morgan fingerprint density at radius 2 is 1.62 bits per heavy atom. The molecule has 0 fully saturated rings. The number of benzene rings is 2. The van der Waals surface area contributed by atoms with E-state index in [2.05, 4.69) is 22.5 Å². The Labute approximate surface area is 233 Å². The molecule has 3 rings (SSSR count). The number of carbonyl (C=O) groups excluding carboxylic acids is 4. The lowest BCUT2D eigenvalue weighted by molar-refractivity contribution is -0.136. The number of carbonyl (C=O) groups is 5. The molecule has 12 heteroatoms. The number of hydrogen-bond acceptors (Lipinski definition) is 7. The molecule has 0 aromatic heterocycles. The largest absolute Gasteiger partial charge is 0.481 e. The Morgan fingerprint density at radius 3 is 2.23 bits per heavy atom. The Kier molecular flexibility index (Phi) is 11.0. The average Bonchev–Trinajstić information content (AvgIpc) is 3.18. The first-order valence-electron chi connectivity index (χ1n) is 12.5. The van der Waals surface area contributed by atoms with E-state index < -0.39 is 52.2 Å². The van der Waals surface area contributed by atoms with Gasteiger partial charge in [0.15, 0.2) is 0 Å². The molecule has 0 radical (unpaired) electrons. The van der Waals surface area contributed by atoms with E-state index >= 15 is 0 Å². The summed E-state index contributed by atoms with van der Waals surface area (Å²) in [5.41, 5.74) is 0.459. The summed E-state index contributed by atoms with van der Waals surface area (Å²) in [5.74, 6) is 2.54. The van der Waals surface area contributed by atoms with Gasteiger partial charge in [-0.15, -0.1) is 5.92 Å². The van der Waals surface area contributed by atoms with Gasteiger partial charge in [0.05, 0.1) is 28.5 Å². The van der Waals surface area contributed by atoms with Crippen LogP contribution in [0.15, 0.2) is 53.4 Å². The Bertz CT molecular complexity index is 1330. The van der Waals surface area contributed by atoms with Gasteiger partial charge in [0.1, 0.15) is 24.2 Å². The maximum Gasteiger partial charge on any atom is 0.319 e. The summed E-state index contributed by atoms with van der Waals surface area (Å²) in [5, 5.41) is 13.4. The molecular formula is C28H29N3O8S. The second-order valence-corrected chi connectivity index (χ2v) is 10.3. The first-order chi connectivity index (χ1) is 19.2. The summed E-state index contributed by atoms with van der Waals surface area (Å²) in [7, 11) is -1.78. The summed E-state index contributed by atoms with van der Waals surface area (Å²) in [4.78, 5) is 61.8. The normalized spacial score (nSPS) is 13.5. The monoisotopic (exact) mass is 567 g/mol. The second kappa shape index (κ2) is 14.6. The van der Waals surface area contributed by atoms with Crippen LogP contribution in [0.1, 0.15) is 46.9 Å². The van der Waals surface area contributed by atoms with Crippen molar-refractivity contribution in [1.29, 1.82) is 0 Å². The van der Waals surface area contributed by atoms with E-state index in [0.29, 0.717) is 23.5 Å². The average molecular weight is 568 g/mol. The van der Waals surface area contributed by atoms with Crippen LogP contribution in [0, 0.1) is 11.8 Å². The van der Waals surface area contributed by atoms with E-state index in [1.54, 1.807) is 43.3 Å². The van der Waals surface area contributed by atoms with Crippen LogP contribution >= 0.6 is 0 Å². The molecule has 1 aliphatic heterocycles. The van der Waals surface area contributed by atoms with Crippen LogP contribution in [0.5, 0.6) is 5.75 Å². The van der Waals surface area contributed by atoms with Gasteiger partial charge < -0.3 is 20.5 Å². The molecule has 11 nitrogen and oxygen atoms in total. The van der Waals surface area contributed by atoms with Crippen molar-refractivity contribution in [3.63, 3.8) is 0 Å². The van der Waals surface area contributed by atoms with Crippen molar-refractivity contribution in [1.82, 2.24) is 15.5 Å². The van der Waals surface area contributed by atoms with Crippen LogP contribution in [0.2, 0.25) is 0 Å². The number of ether oxygens (including phenoxy) is 1. The van der Waals surface area contributed by atoms with Crippen molar-refractivity contribution in [2.24, 2.45) is 0 Å². The number of fused-ring (bicyclic) bond motifs is 1. The third-order valence-corrected chi connectivity index (χ3v) is 7.61. The number of rotatable bonds is 14. The summed E-state index contributed by atoms with van der Waals surface area (Å²) in [6.45, 7) is 1.28. The zero-order chi connectivity index (χ0) is 29.1. The molecule has 1 aliphatic rings. The Morgan fingerprint density at radius 1 is 0.975 bits per heavy atom. The van der Waals surface area contributed by atoms with E-state index in [-0.39, 0.29) is 37.2 Å². The van der Waals surface area contributed by atoms with E-state index in [0.717, 1.165) is 4.90 Å². The standard InChI is InChI=1S/C28H29N3O8S/c1-2-3-16-39-19-11-13-20(14-12-19)40(38)23(28(36)37)10-6-7-15-29-24(32)17-30-25(33)18-31-26(34)21-8-4-5-9-22(21)27(31)35/h4-5,8-9,11-14,23H,6-7,10,15-18H2,1H3,(H,29,32)(H,30,33)(H,36,37). The van der Waals surface area contributed by atoms with Crippen molar-refractivity contribution >= 4 is 40.4 Å². The summed E-state index contributed by atoms with van der Waals surface area (Å²) in [6.07, 6.45) is 0.964. The molecule has 210 valence electrons. The third-order valence-electron chi connectivity index (χ3n) is 5.92. The molecule has 1 heterocycles. The zero-order valence-electron chi connectivity index (χ0n) is 21.8. The molecule has 0 bridgehead atoms. The van der Waals surface area contributed by atoms with Crippen LogP contribution in [0.3, 0.4) is 0 Å². The molecule has 3 N–H and O–H groups in total. The molecule has 2 aromatic rings. The smallest absolute Gasteiger partial charge is 0.319 e. The number of imide groups is 1. The first kappa shape index (κ1) is 30.0. The van der Waals surface area contributed by atoms with Gasteiger partial charge in [-0.3, -0.25) is 33.1 Å². The number of unbranched alkanes of at least 4 members (excludes halogenated alkanes) is 1. The highest BCUT2D eigenvalue weighted by molar-refractivity contribution is 7.86. The van der Waals surface area contributed by atoms with E-state index in [9.17, 15) is 33.3 Å². The van der Waals surface area contributed by atoms with Crippen LogP contribution in [-0.4, -0.2) is 75.3 Å². The van der Waals surface area contributed by atoms with Crippen molar-refractivity contribution in [3.05, 3.63) is 59.7 Å². The van der Waals surface area contributed by atoms with Gasteiger partial charge in [0, 0.05) is 11.4 Å². The van der Waals surface area contributed by atoms with Gasteiger partial charge in [-0.25, -0.2) is 0 Å². The van der Waals surface area contributed by atoms with E-state index in [1.165, 1.54) is 12.1 Å². The van der Waals surface area contributed by atoms with Gasteiger partial charge >= 0.3 is 5.97 Å². The lowest BCUT2D eigenvalue weighted by Crippen LogP contribution is -2.43. The van der Waals surface area contributed by atoms with Gasteiger partial charge in [-0.2, -0.15) is 0 Å². The number of hydrogen-bond donors (Lipinski definition) is 3. The van der Waals surface area contributed by atoms with Crippen LogP contribution in [0.25, 0.3) is 0 Å². The molecular weight excluding hydrogens is 538 g/mol. The highest BCUT2D eigenvalue weighted by atomic mass is 32.2. The topological polar surface area (TPSA) is 159 Å². The zero-order valence-corrected chi connectivity index (χ0v) is 22.6. The fourth-order valence-corrected chi connectivity index (χ4v) is 5.15. The summed E-state index contributed by atoms with van der Waals surface area (Å²) >= 11 is 0. The van der Waals surface area contributed by atoms with E-state index in [4.69, 9.17) is 4.74 Å². The molecule has 0 saturated carbocycles. The minimum Gasteiger partial charge on any atom is -0.481 e. The van der Waals surface area contributed by atoms with Gasteiger partial charge in [-0.1, -0.05) is 18.1 Å². The lowest BCUT2D eigenvalue weighted by atomic mass is 10.1. The van der Waals surface area contributed by atoms with Crippen molar-refractivity contribution in [3.8, 4) is 17.6 Å². The molecule has 0 spiro atoms. The Balaban J connectivity index is 1.35. The molecule has 0 saturated heterocycles. The van der Waals surface area contributed by atoms with Crippen LogP contribution in [-0.2, 0) is 25.2 Å². The molecule has 0 aliphatic carbocycles. The maximum absolute atomic E-state index is 12.8. The number of aliphatic carboxylic acids is 1. The maximum atomic E-state index is 12.8. The van der Waals surface area contributed by atoms with Crippen molar-refractivity contribution in [2.75, 3.05) is 26.2 Å². The third kappa shape index (κ3) is 8.00. The fraction of sp³-hybridized carbons (Fsp3) is 0.321. The summed E-state index contributed by atoms with van der Waals surface area (Å²) in [6, 6.07) is 12.6. The fourth-order valence-electron chi connectivity index (χ4n) is 3.85. The lowest BCUT2D eigenvalue weighted by Gasteiger charge is -2.14. The van der Waals surface area contributed by atoms with Crippen LogP contribution < -0.4 is 15.4 Å². The van der Waals surface area contributed by atoms with Crippen molar-refractivity contribution in [2.45, 2.75) is 36.3 Å². The van der Waals surface area contributed by atoms with Gasteiger partial charge in [-0.05, 0) is 62.6 Å².